The van der Waals surface area contributed by atoms with Gasteiger partial charge in [0, 0.05) is 0 Å². The van der Waals surface area contributed by atoms with Gasteiger partial charge in [-0.25, -0.2) is 12.8 Å². The Morgan fingerprint density at radius 3 is 2.48 bits per heavy atom. The lowest BCUT2D eigenvalue weighted by Gasteiger charge is -2.13. The van der Waals surface area contributed by atoms with Gasteiger partial charge < -0.3 is 9.90 Å². The molecule has 0 atom stereocenters. The molecule has 0 saturated carbocycles. The highest BCUT2D eigenvalue weighted by Gasteiger charge is 2.19. The fourth-order valence-corrected chi connectivity index (χ4v) is 2.92. The van der Waals surface area contributed by atoms with E-state index in [2.05, 4.69) is 4.72 Å². The number of sulfonamides is 1. The summed E-state index contributed by atoms with van der Waals surface area (Å²) in [5, 5.41) is 10.8. The van der Waals surface area contributed by atoms with E-state index < -0.39 is 26.7 Å². The molecule has 2 aromatic rings. The van der Waals surface area contributed by atoms with Crippen LogP contribution in [0.15, 0.2) is 47.4 Å². The highest BCUT2D eigenvalue weighted by Crippen LogP contribution is 2.22. The average molecular weight is 308 g/mol. The Morgan fingerprint density at radius 2 is 1.86 bits per heavy atom. The first-order valence-electron chi connectivity index (χ1n) is 5.90. The van der Waals surface area contributed by atoms with Gasteiger partial charge in [-0.3, -0.25) is 4.72 Å². The Kier molecular flexibility index (Phi) is 3.95. The lowest BCUT2D eigenvalue weighted by molar-refractivity contribution is -0.255. The normalized spacial score (nSPS) is 11.1. The SMILES string of the molecule is Cc1ccc(C(=O)[O-])cc1NS(=O)(=O)c1ccccc1F. The molecule has 5 nitrogen and oxygen atoms in total. The van der Waals surface area contributed by atoms with E-state index in [4.69, 9.17) is 0 Å². The second-order valence-electron chi connectivity index (χ2n) is 4.35. The first-order valence-corrected chi connectivity index (χ1v) is 7.39. The van der Waals surface area contributed by atoms with E-state index in [1.54, 1.807) is 6.92 Å². The largest absolute Gasteiger partial charge is 0.545 e. The molecule has 110 valence electrons. The van der Waals surface area contributed by atoms with Crippen LogP contribution in [-0.4, -0.2) is 14.4 Å². The quantitative estimate of drug-likeness (QED) is 0.922. The number of carboxylic acid groups (broad SMARTS) is 1. The van der Waals surface area contributed by atoms with Crippen molar-refractivity contribution in [3.05, 3.63) is 59.4 Å². The molecule has 0 aliphatic rings. The summed E-state index contributed by atoms with van der Waals surface area (Å²) in [6.45, 7) is 1.60. The van der Waals surface area contributed by atoms with E-state index in [9.17, 15) is 22.7 Å². The Morgan fingerprint density at radius 1 is 1.19 bits per heavy atom. The zero-order valence-electron chi connectivity index (χ0n) is 11.0. The van der Waals surface area contributed by atoms with Crippen LogP contribution in [-0.2, 0) is 10.0 Å². The molecule has 0 spiro atoms. The average Bonchev–Trinajstić information content (AvgIpc) is 2.41. The van der Waals surface area contributed by atoms with Crippen molar-refractivity contribution >= 4 is 21.7 Å². The van der Waals surface area contributed by atoms with Gasteiger partial charge in [0.1, 0.15) is 10.7 Å². The predicted molar refractivity (Wildman–Crippen MR) is 72.7 cm³/mol. The van der Waals surface area contributed by atoms with Crippen molar-refractivity contribution in [2.75, 3.05) is 4.72 Å². The van der Waals surface area contributed by atoms with Crippen LogP contribution in [0.3, 0.4) is 0 Å². The van der Waals surface area contributed by atoms with Gasteiger partial charge in [0.2, 0.25) is 0 Å². The number of halogens is 1. The highest BCUT2D eigenvalue weighted by molar-refractivity contribution is 7.92. The number of aromatic carboxylic acids is 1. The summed E-state index contributed by atoms with van der Waals surface area (Å²) in [6.07, 6.45) is 0. The van der Waals surface area contributed by atoms with E-state index >= 15 is 0 Å². The summed E-state index contributed by atoms with van der Waals surface area (Å²) >= 11 is 0. The zero-order chi connectivity index (χ0) is 15.6. The molecule has 0 heterocycles. The van der Waals surface area contributed by atoms with Crippen LogP contribution in [0.1, 0.15) is 15.9 Å². The molecule has 0 radical (unpaired) electrons. The standard InChI is InChI=1S/C14H12FNO4S/c1-9-6-7-10(14(17)18)8-12(9)16-21(19,20)13-5-3-2-4-11(13)15/h2-8,16H,1H3,(H,17,18)/p-1. The Hall–Kier alpha value is -2.41. The van der Waals surface area contributed by atoms with Crippen molar-refractivity contribution < 1.29 is 22.7 Å². The Labute approximate surface area is 121 Å². The minimum Gasteiger partial charge on any atom is -0.545 e. The van der Waals surface area contributed by atoms with Crippen LogP contribution in [0.5, 0.6) is 0 Å². The maximum absolute atomic E-state index is 13.6. The van der Waals surface area contributed by atoms with Gasteiger partial charge in [0.05, 0.1) is 11.7 Å². The molecule has 0 unspecified atom stereocenters. The van der Waals surface area contributed by atoms with E-state index in [1.165, 1.54) is 24.3 Å². The van der Waals surface area contributed by atoms with E-state index in [-0.39, 0.29) is 11.3 Å². The maximum Gasteiger partial charge on any atom is 0.264 e. The molecule has 0 fully saturated rings. The first kappa shape index (κ1) is 15.0. The molecule has 1 N–H and O–H groups in total. The number of carbonyl (C=O) groups excluding carboxylic acids is 1. The summed E-state index contributed by atoms with van der Waals surface area (Å²) < 4.78 is 40.0. The van der Waals surface area contributed by atoms with Crippen LogP contribution >= 0.6 is 0 Å². The molecule has 21 heavy (non-hydrogen) atoms. The summed E-state index contributed by atoms with van der Waals surface area (Å²) in [4.78, 5) is 10.3. The van der Waals surface area contributed by atoms with Crippen LogP contribution in [0.4, 0.5) is 10.1 Å². The third-order valence-electron chi connectivity index (χ3n) is 2.84. The van der Waals surface area contributed by atoms with Crippen molar-refractivity contribution in [1.82, 2.24) is 0 Å². The van der Waals surface area contributed by atoms with Crippen molar-refractivity contribution in [2.24, 2.45) is 0 Å². The molecule has 0 aromatic heterocycles. The van der Waals surface area contributed by atoms with Crippen LogP contribution in [0, 0.1) is 12.7 Å². The van der Waals surface area contributed by atoms with Gasteiger partial charge in [-0.2, -0.15) is 0 Å². The molecule has 0 aliphatic carbocycles. The first-order chi connectivity index (χ1) is 9.81. The van der Waals surface area contributed by atoms with Gasteiger partial charge in [0.15, 0.2) is 0 Å². The Balaban J connectivity index is 2.44. The van der Waals surface area contributed by atoms with Crippen molar-refractivity contribution in [2.45, 2.75) is 11.8 Å². The number of aryl methyl sites for hydroxylation is 1. The third-order valence-corrected chi connectivity index (χ3v) is 4.24. The summed E-state index contributed by atoms with van der Waals surface area (Å²) in [7, 11) is -4.15. The molecular formula is C14H11FNO4S-. The van der Waals surface area contributed by atoms with Gasteiger partial charge in [-0.1, -0.05) is 24.3 Å². The summed E-state index contributed by atoms with van der Waals surface area (Å²) in [6, 6.07) is 8.77. The molecule has 0 aliphatic heterocycles. The minimum atomic E-state index is -4.15. The Bertz CT molecular complexity index is 802. The topological polar surface area (TPSA) is 86.3 Å². The number of carbonyl (C=O) groups is 1. The minimum absolute atomic E-state index is 0.0555. The van der Waals surface area contributed by atoms with Crippen molar-refractivity contribution in [3.63, 3.8) is 0 Å². The van der Waals surface area contributed by atoms with E-state index in [0.717, 1.165) is 18.2 Å². The number of benzene rings is 2. The van der Waals surface area contributed by atoms with Crippen LogP contribution < -0.4 is 9.83 Å². The molecule has 2 aromatic carbocycles. The fourth-order valence-electron chi connectivity index (χ4n) is 1.72. The van der Waals surface area contributed by atoms with Gasteiger partial charge in [-0.05, 0) is 36.2 Å². The number of hydrogen-bond acceptors (Lipinski definition) is 4. The highest BCUT2D eigenvalue weighted by atomic mass is 32.2. The molecular weight excluding hydrogens is 297 g/mol. The molecule has 0 bridgehead atoms. The third kappa shape index (κ3) is 3.19. The monoisotopic (exact) mass is 308 g/mol. The second-order valence-corrected chi connectivity index (χ2v) is 6.00. The lowest BCUT2D eigenvalue weighted by Crippen LogP contribution is -2.23. The lowest BCUT2D eigenvalue weighted by atomic mass is 10.1. The maximum atomic E-state index is 13.6. The van der Waals surface area contributed by atoms with Crippen LogP contribution in [0.2, 0.25) is 0 Å². The van der Waals surface area contributed by atoms with Gasteiger partial charge in [0.25, 0.3) is 10.0 Å². The second kappa shape index (κ2) is 5.53. The number of nitrogens with one attached hydrogen (secondary N) is 1. The number of carboxylic acids is 1. The molecule has 0 saturated heterocycles. The van der Waals surface area contributed by atoms with Gasteiger partial charge in [-0.15, -0.1) is 0 Å². The zero-order valence-corrected chi connectivity index (χ0v) is 11.8. The molecule has 2 rings (SSSR count). The fraction of sp³-hybridized carbons (Fsp3) is 0.0714. The predicted octanol–water partition coefficient (Wildman–Crippen LogP) is 1.30. The summed E-state index contributed by atoms with van der Waals surface area (Å²) in [5.74, 6) is -2.32. The van der Waals surface area contributed by atoms with Crippen molar-refractivity contribution in [3.8, 4) is 0 Å². The van der Waals surface area contributed by atoms with Crippen LogP contribution in [0.25, 0.3) is 0 Å². The van der Waals surface area contributed by atoms with Gasteiger partial charge >= 0.3 is 0 Å². The van der Waals surface area contributed by atoms with Crippen molar-refractivity contribution in [1.29, 1.82) is 0 Å². The smallest absolute Gasteiger partial charge is 0.264 e. The van der Waals surface area contributed by atoms with E-state index in [0.29, 0.717) is 5.56 Å². The number of hydrogen-bond donors (Lipinski definition) is 1. The molecule has 0 amide bonds. The number of anilines is 1. The molecule has 7 heteroatoms. The van der Waals surface area contributed by atoms with E-state index in [1.807, 2.05) is 0 Å². The summed E-state index contributed by atoms with van der Waals surface area (Å²) in [5.41, 5.74) is 0.381. The number of rotatable bonds is 4.